The summed E-state index contributed by atoms with van der Waals surface area (Å²) < 4.78 is 15.4. The van der Waals surface area contributed by atoms with E-state index in [0.717, 1.165) is 5.56 Å². The van der Waals surface area contributed by atoms with Crippen LogP contribution in [-0.4, -0.2) is 25.7 Å². The first-order chi connectivity index (χ1) is 14.9. The number of halogens is 2. The highest BCUT2D eigenvalue weighted by Gasteiger charge is 2.18. The van der Waals surface area contributed by atoms with Gasteiger partial charge in [0.25, 0.3) is 5.56 Å². The lowest BCUT2D eigenvalue weighted by Gasteiger charge is -2.09. The van der Waals surface area contributed by atoms with Crippen LogP contribution in [0.1, 0.15) is 11.3 Å². The lowest BCUT2D eigenvalue weighted by molar-refractivity contribution is -0.115. The number of benzene rings is 2. The Bertz CT molecular complexity index is 1300. The van der Waals surface area contributed by atoms with Gasteiger partial charge in [0.05, 0.1) is 12.1 Å². The molecule has 0 spiro atoms. The van der Waals surface area contributed by atoms with Gasteiger partial charge in [-0.25, -0.2) is 9.37 Å². The third kappa shape index (κ3) is 4.54. The smallest absolute Gasteiger partial charge is 0.252 e. The Labute approximate surface area is 181 Å². The van der Waals surface area contributed by atoms with Crippen LogP contribution in [0.5, 0.6) is 0 Å². The van der Waals surface area contributed by atoms with Crippen LogP contribution < -0.4 is 10.9 Å². The van der Waals surface area contributed by atoms with E-state index >= 15 is 0 Å². The molecule has 0 saturated carbocycles. The second-order valence-electron chi connectivity index (χ2n) is 6.83. The molecule has 0 aliphatic rings. The lowest BCUT2D eigenvalue weighted by atomic mass is 10.1. The highest BCUT2D eigenvalue weighted by Crippen LogP contribution is 2.24. The molecule has 4 rings (SSSR count). The van der Waals surface area contributed by atoms with E-state index in [1.54, 1.807) is 13.0 Å². The maximum atomic E-state index is 14.1. The van der Waals surface area contributed by atoms with Gasteiger partial charge in [-0.05, 0) is 19.1 Å². The van der Waals surface area contributed by atoms with Crippen LogP contribution in [0.3, 0.4) is 0 Å². The molecule has 1 amide bonds. The Morgan fingerprint density at radius 1 is 1.16 bits per heavy atom. The van der Waals surface area contributed by atoms with Gasteiger partial charge in [-0.2, -0.15) is 9.78 Å². The second kappa shape index (κ2) is 8.53. The zero-order valence-corrected chi connectivity index (χ0v) is 17.2. The highest BCUT2D eigenvalue weighted by atomic mass is 35.5. The van der Waals surface area contributed by atoms with E-state index in [9.17, 15) is 14.0 Å². The number of hydrogen-bond acceptors (Lipinski definition) is 4. The standard InChI is InChI=1S/C22H17ClFN5O2/c1-13-10-20(30)27-22(25-13)29-19(12-18(28-29)14-6-3-2-4-7-14)26-21(31)11-15-16(23)8-5-9-17(15)24/h2-10,12H,11H2,1H3,(H,26,31)(H,25,27,30). The minimum Gasteiger partial charge on any atom is -0.310 e. The molecule has 2 aromatic heterocycles. The number of rotatable bonds is 5. The van der Waals surface area contributed by atoms with Crippen molar-refractivity contribution in [3.63, 3.8) is 0 Å². The first kappa shape index (κ1) is 20.5. The zero-order chi connectivity index (χ0) is 22.0. The number of nitrogens with one attached hydrogen (secondary N) is 2. The zero-order valence-electron chi connectivity index (χ0n) is 16.4. The van der Waals surface area contributed by atoms with Gasteiger partial charge in [0.15, 0.2) is 0 Å². The predicted octanol–water partition coefficient (Wildman–Crippen LogP) is 3.90. The van der Waals surface area contributed by atoms with Gasteiger partial charge in [0.2, 0.25) is 11.9 Å². The summed E-state index contributed by atoms with van der Waals surface area (Å²) in [6.07, 6.45) is -0.269. The summed E-state index contributed by atoms with van der Waals surface area (Å²) in [5.41, 5.74) is 1.60. The fourth-order valence-electron chi connectivity index (χ4n) is 3.09. The summed E-state index contributed by atoms with van der Waals surface area (Å²) in [6.45, 7) is 1.68. The van der Waals surface area contributed by atoms with Crippen molar-refractivity contribution in [2.45, 2.75) is 13.3 Å². The van der Waals surface area contributed by atoms with E-state index in [4.69, 9.17) is 11.6 Å². The van der Waals surface area contributed by atoms with E-state index in [0.29, 0.717) is 11.4 Å². The van der Waals surface area contributed by atoms with Gasteiger partial charge in [-0.15, -0.1) is 0 Å². The maximum absolute atomic E-state index is 14.1. The Kier molecular flexibility index (Phi) is 5.64. The summed E-state index contributed by atoms with van der Waals surface area (Å²) >= 11 is 6.04. The van der Waals surface area contributed by atoms with Crippen LogP contribution in [0, 0.1) is 12.7 Å². The molecule has 4 aromatic rings. The van der Waals surface area contributed by atoms with Crippen LogP contribution in [-0.2, 0) is 11.2 Å². The molecule has 0 fully saturated rings. The van der Waals surface area contributed by atoms with Crippen LogP contribution in [0.2, 0.25) is 5.02 Å². The third-order valence-corrected chi connectivity index (χ3v) is 4.86. The Morgan fingerprint density at radius 3 is 2.65 bits per heavy atom. The molecule has 0 aliphatic carbocycles. The molecule has 156 valence electrons. The number of carbonyl (C=O) groups excluding carboxylic acids is 1. The summed E-state index contributed by atoms with van der Waals surface area (Å²) in [6, 6.07) is 16.6. The first-order valence-electron chi connectivity index (χ1n) is 9.37. The van der Waals surface area contributed by atoms with Crippen LogP contribution in [0.25, 0.3) is 17.2 Å². The largest absolute Gasteiger partial charge is 0.310 e. The molecule has 2 heterocycles. The monoisotopic (exact) mass is 437 g/mol. The van der Waals surface area contributed by atoms with E-state index in [1.807, 2.05) is 30.3 Å². The van der Waals surface area contributed by atoms with Crippen molar-refractivity contribution in [3.8, 4) is 17.2 Å². The number of hydrogen-bond donors (Lipinski definition) is 2. The first-order valence-corrected chi connectivity index (χ1v) is 9.75. The molecule has 7 nitrogen and oxygen atoms in total. The quantitative estimate of drug-likeness (QED) is 0.495. The van der Waals surface area contributed by atoms with Gasteiger partial charge >= 0.3 is 0 Å². The third-order valence-electron chi connectivity index (χ3n) is 4.50. The summed E-state index contributed by atoms with van der Waals surface area (Å²) in [5, 5.41) is 7.38. The van der Waals surface area contributed by atoms with Crippen molar-refractivity contribution in [2.75, 3.05) is 5.32 Å². The summed E-state index contributed by atoms with van der Waals surface area (Å²) in [4.78, 5) is 31.5. The Balaban J connectivity index is 1.72. The molecule has 9 heteroatoms. The molecule has 0 atom stereocenters. The van der Waals surface area contributed by atoms with Crippen molar-refractivity contribution >= 4 is 23.3 Å². The summed E-state index contributed by atoms with van der Waals surface area (Å²) in [7, 11) is 0. The number of carbonyl (C=O) groups is 1. The molecule has 0 bridgehead atoms. The van der Waals surface area contributed by atoms with Gasteiger partial charge in [0.1, 0.15) is 11.6 Å². The van der Waals surface area contributed by atoms with E-state index < -0.39 is 11.7 Å². The van der Waals surface area contributed by atoms with Crippen molar-refractivity contribution in [3.05, 3.63) is 93.1 Å². The number of nitrogens with zero attached hydrogens (tertiary/aromatic N) is 3. The molecule has 0 unspecified atom stereocenters. The molecule has 0 saturated heterocycles. The van der Waals surface area contributed by atoms with Gasteiger partial charge in [-0.3, -0.25) is 14.6 Å². The number of anilines is 1. The Morgan fingerprint density at radius 2 is 1.94 bits per heavy atom. The van der Waals surface area contributed by atoms with Crippen molar-refractivity contribution in [2.24, 2.45) is 0 Å². The molecule has 0 aliphatic heterocycles. The minimum absolute atomic E-state index is 0.0955. The van der Waals surface area contributed by atoms with Gasteiger partial charge in [0, 0.05) is 34.0 Å². The van der Waals surface area contributed by atoms with Crippen molar-refractivity contribution in [1.82, 2.24) is 19.7 Å². The summed E-state index contributed by atoms with van der Waals surface area (Å²) in [5.74, 6) is -0.648. The predicted molar refractivity (Wildman–Crippen MR) is 116 cm³/mol. The molecular formula is C22H17ClFN5O2. The SMILES string of the molecule is Cc1cc(=O)[nH]c(-n2nc(-c3ccccc3)cc2NC(=O)Cc2c(F)cccc2Cl)n1. The van der Waals surface area contributed by atoms with E-state index in [-0.39, 0.29) is 34.3 Å². The highest BCUT2D eigenvalue weighted by molar-refractivity contribution is 6.31. The second-order valence-corrected chi connectivity index (χ2v) is 7.24. The van der Waals surface area contributed by atoms with Crippen LogP contribution >= 0.6 is 11.6 Å². The van der Waals surface area contributed by atoms with Crippen LogP contribution in [0.15, 0.2) is 65.5 Å². The van der Waals surface area contributed by atoms with Gasteiger partial charge in [-0.1, -0.05) is 48.0 Å². The lowest BCUT2D eigenvalue weighted by Crippen LogP contribution is -2.20. The van der Waals surface area contributed by atoms with E-state index in [2.05, 4.69) is 20.4 Å². The maximum Gasteiger partial charge on any atom is 0.252 e. The average Bonchev–Trinajstić information content (AvgIpc) is 3.14. The molecule has 31 heavy (non-hydrogen) atoms. The number of aryl methyl sites for hydroxylation is 1. The van der Waals surface area contributed by atoms with E-state index in [1.165, 1.54) is 28.9 Å². The molecule has 2 N–H and O–H groups in total. The minimum atomic E-state index is -0.564. The Hall–Kier alpha value is -3.78. The van der Waals surface area contributed by atoms with Crippen molar-refractivity contribution in [1.29, 1.82) is 0 Å². The van der Waals surface area contributed by atoms with Crippen molar-refractivity contribution < 1.29 is 9.18 Å². The fraction of sp³-hybridized carbons (Fsp3) is 0.0909. The molecule has 0 radical (unpaired) electrons. The van der Waals surface area contributed by atoms with Crippen LogP contribution in [0.4, 0.5) is 10.2 Å². The van der Waals surface area contributed by atoms with Gasteiger partial charge < -0.3 is 5.32 Å². The normalized spacial score (nSPS) is 10.8. The molecular weight excluding hydrogens is 421 g/mol. The number of H-pyrrole nitrogens is 1. The fourth-order valence-corrected chi connectivity index (χ4v) is 3.32. The average molecular weight is 438 g/mol. The molecule has 2 aromatic carbocycles. The number of aromatic nitrogens is 4. The number of aromatic amines is 1. The topological polar surface area (TPSA) is 92.7 Å². The number of amides is 1.